The zero-order valence-corrected chi connectivity index (χ0v) is 15.8. The predicted molar refractivity (Wildman–Crippen MR) is 96.4 cm³/mol. The van der Waals surface area contributed by atoms with Gasteiger partial charge in [0.05, 0.1) is 6.54 Å². The van der Waals surface area contributed by atoms with E-state index in [9.17, 15) is 4.79 Å². The number of hydrogen-bond acceptors (Lipinski definition) is 6. The fraction of sp³-hybridized carbons (Fsp3) is 0.667. The minimum Gasteiger partial charge on any atom is -0.424 e. The topological polar surface area (TPSA) is 89.1 Å². The molecule has 0 spiro atoms. The number of rotatable bonds is 7. The number of likely N-dealkylation sites (tertiary alicyclic amines) is 1. The number of nitrogens with zero attached hydrogens (tertiary/aromatic N) is 5. The Kier molecular flexibility index (Phi) is 6.03. The van der Waals surface area contributed by atoms with Crippen molar-refractivity contribution < 1.29 is 9.21 Å². The molecule has 8 heteroatoms. The second-order valence-corrected chi connectivity index (χ2v) is 7.34. The van der Waals surface area contributed by atoms with Crippen molar-refractivity contribution in [2.24, 2.45) is 5.92 Å². The van der Waals surface area contributed by atoms with Gasteiger partial charge in [-0.3, -0.25) is 9.69 Å². The van der Waals surface area contributed by atoms with Gasteiger partial charge in [-0.25, -0.2) is 4.98 Å². The lowest BCUT2D eigenvalue weighted by molar-refractivity contribution is -0.122. The van der Waals surface area contributed by atoms with E-state index in [1.54, 1.807) is 6.20 Å². The van der Waals surface area contributed by atoms with Crippen molar-refractivity contribution in [3.8, 4) is 0 Å². The second-order valence-electron chi connectivity index (χ2n) is 7.34. The summed E-state index contributed by atoms with van der Waals surface area (Å²) in [4.78, 5) is 18.6. The van der Waals surface area contributed by atoms with Crippen molar-refractivity contribution in [2.75, 3.05) is 19.6 Å². The first-order valence-electron chi connectivity index (χ1n) is 9.30. The number of imidazole rings is 1. The van der Waals surface area contributed by atoms with Crippen LogP contribution in [0.1, 0.15) is 50.2 Å². The second kappa shape index (κ2) is 8.44. The highest BCUT2D eigenvalue weighted by molar-refractivity contribution is 5.75. The van der Waals surface area contributed by atoms with E-state index < -0.39 is 0 Å². The van der Waals surface area contributed by atoms with Crippen molar-refractivity contribution >= 4 is 5.91 Å². The molecule has 0 bridgehead atoms. The van der Waals surface area contributed by atoms with E-state index >= 15 is 0 Å². The highest BCUT2D eigenvalue weighted by Gasteiger charge is 2.22. The molecule has 8 nitrogen and oxygen atoms in total. The maximum Gasteiger partial charge on any atom is 0.239 e. The molecule has 0 radical (unpaired) electrons. The third-order valence-electron chi connectivity index (χ3n) is 4.76. The number of carbonyl (C=O) groups is 1. The lowest BCUT2D eigenvalue weighted by Gasteiger charge is -2.31. The molecule has 2 aromatic rings. The number of hydrogen-bond donors (Lipinski definition) is 1. The molecule has 3 heterocycles. The maximum absolute atomic E-state index is 12.1. The van der Waals surface area contributed by atoms with Gasteiger partial charge in [0.25, 0.3) is 0 Å². The molecule has 1 aliphatic heterocycles. The van der Waals surface area contributed by atoms with Crippen LogP contribution in [-0.4, -0.2) is 50.2 Å². The van der Waals surface area contributed by atoms with Crippen LogP contribution < -0.4 is 5.32 Å². The minimum absolute atomic E-state index is 0.0294. The summed E-state index contributed by atoms with van der Waals surface area (Å²) in [6.45, 7) is 9.64. The van der Waals surface area contributed by atoms with Crippen LogP contribution in [0, 0.1) is 12.8 Å². The summed E-state index contributed by atoms with van der Waals surface area (Å²) in [6.07, 6.45) is 5.78. The van der Waals surface area contributed by atoms with Crippen LogP contribution in [0.15, 0.2) is 16.8 Å². The summed E-state index contributed by atoms with van der Waals surface area (Å²) in [5.41, 5.74) is 0. The average molecular weight is 360 g/mol. The van der Waals surface area contributed by atoms with Gasteiger partial charge < -0.3 is 14.3 Å². The number of aryl methyl sites for hydroxylation is 1. The quantitative estimate of drug-likeness (QED) is 0.809. The Balaban J connectivity index is 1.44. The van der Waals surface area contributed by atoms with Gasteiger partial charge in [-0.1, -0.05) is 13.8 Å². The summed E-state index contributed by atoms with van der Waals surface area (Å²) in [6, 6.07) is 0. The summed E-state index contributed by atoms with van der Waals surface area (Å²) in [5.74, 6) is 2.94. The molecule has 1 N–H and O–H groups in total. The van der Waals surface area contributed by atoms with Gasteiger partial charge in [-0.15, -0.1) is 10.2 Å². The molecular weight excluding hydrogens is 332 g/mol. The van der Waals surface area contributed by atoms with E-state index in [0.717, 1.165) is 31.8 Å². The molecule has 1 fully saturated rings. The summed E-state index contributed by atoms with van der Waals surface area (Å²) in [5, 5.41) is 11.3. The number of aromatic nitrogens is 4. The Bertz CT molecular complexity index is 723. The first kappa shape index (κ1) is 18.6. The fourth-order valence-electron chi connectivity index (χ4n) is 3.26. The summed E-state index contributed by atoms with van der Waals surface area (Å²) < 4.78 is 7.56. The Morgan fingerprint density at radius 3 is 2.96 bits per heavy atom. The first-order valence-corrected chi connectivity index (χ1v) is 9.30. The SMILES string of the molecule is Cc1nccn1CC(=O)NCC1CCCN(Cc2nnc(C(C)C)o2)C1. The normalized spacial score (nSPS) is 18.4. The lowest BCUT2D eigenvalue weighted by Crippen LogP contribution is -2.41. The Hall–Kier alpha value is -2.22. The minimum atomic E-state index is 0.0294. The van der Waals surface area contributed by atoms with Gasteiger partial charge in [-0.05, 0) is 32.2 Å². The lowest BCUT2D eigenvalue weighted by atomic mass is 9.98. The van der Waals surface area contributed by atoms with Gasteiger partial charge in [0.1, 0.15) is 12.4 Å². The molecule has 0 aromatic carbocycles. The van der Waals surface area contributed by atoms with Crippen molar-refractivity contribution in [1.29, 1.82) is 0 Å². The number of amides is 1. The molecule has 1 atom stereocenters. The number of nitrogens with one attached hydrogen (secondary N) is 1. The molecule has 26 heavy (non-hydrogen) atoms. The van der Waals surface area contributed by atoms with Crippen molar-refractivity contribution in [3.05, 3.63) is 30.0 Å². The molecule has 0 aliphatic carbocycles. The summed E-state index contributed by atoms with van der Waals surface area (Å²) >= 11 is 0. The highest BCUT2D eigenvalue weighted by atomic mass is 16.4. The van der Waals surface area contributed by atoms with Crippen molar-refractivity contribution in [3.63, 3.8) is 0 Å². The predicted octanol–water partition coefficient (Wildman–Crippen LogP) is 1.73. The molecule has 0 saturated carbocycles. The van der Waals surface area contributed by atoms with Crippen LogP contribution >= 0.6 is 0 Å². The van der Waals surface area contributed by atoms with Crippen LogP contribution in [0.3, 0.4) is 0 Å². The van der Waals surface area contributed by atoms with E-state index in [-0.39, 0.29) is 11.8 Å². The van der Waals surface area contributed by atoms with Crippen LogP contribution in [-0.2, 0) is 17.9 Å². The fourth-order valence-corrected chi connectivity index (χ4v) is 3.26. The molecule has 142 valence electrons. The Labute approximate surface area is 154 Å². The van der Waals surface area contributed by atoms with Crippen molar-refractivity contribution in [1.82, 2.24) is 30.0 Å². The van der Waals surface area contributed by atoms with E-state index in [1.165, 1.54) is 0 Å². The van der Waals surface area contributed by atoms with Gasteiger partial charge in [0.2, 0.25) is 17.7 Å². The smallest absolute Gasteiger partial charge is 0.239 e. The van der Waals surface area contributed by atoms with Gasteiger partial charge in [-0.2, -0.15) is 0 Å². The van der Waals surface area contributed by atoms with Gasteiger partial charge in [0.15, 0.2) is 0 Å². The van der Waals surface area contributed by atoms with Crippen LogP contribution in [0.2, 0.25) is 0 Å². The Morgan fingerprint density at radius 2 is 2.27 bits per heavy atom. The summed E-state index contributed by atoms with van der Waals surface area (Å²) in [7, 11) is 0. The largest absolute Gasteiger partial charge is 0.424 e. The zero-order valence-electron chi connectivity index (χ0n) is 15.8. The van der Waals surface area contributed by atoms with E-state index in [1.807, 2.05) is 31.5 Å². The molecular formula is C18H28N6O2. The monoisotopic (exact) mass is 360 g/mol. The molecule has 1 aliphatic rings. The van der Waals surface area contributed by atoms with Crippen LogP contribution in [0.5, 0.6) is 0 Å². The standard InChI is InChI=1S/C18H28N6O2/c1-13(2)18-22-21-17(26-18)12-23-7-4-5-15(10-23)9-20-16(25)11-24-8-6-19-14(24)3/h6,8,13,15H,4-5,7,9-12H2,1-3H3,(H,20,25). The maximum atomic E-state index is 12.1. The Morgan fingerprint density at radius 1 is 1.42 bits per heavy atom. The third kappa shape index (κ3) is 4.91. The van der Waals surface area contributed by atoms with E-state index in [4.69, 9.17) is 4.42 Å². The van der Waals surface area contributed by atoms with Gasteiger partial charge >= 0.3 is 0 Å². The van der Waals surface area contributed by atoms with Crippen LogP contribution in [0.4, 0.5) is 0 Å². The van der Waals surface area contributed by atoms with E-state index in [2.05, 4.69) is 25.4 Å². The average Bonchev–Trinajstić information content (AvgIpc) is 3.23. The van der Waals surface area contributed by atoms with E-state index in [0.29, 0.717) is 37.3 Å². The number of piperidine rings is 1. The highest BCUT2D eigenvalue weighted by Crippen LogP contribution is 2.19. The third-order valence-corrected chi connectivity index (χ3v) is 4.76. The molecule has 1 unspecified atom stereocenters. The van der Waals surface area contributed by atoms with Crippen LogP contribution in [0.25, 0.3) is 0 Å². The molecule has 3 rings (SSSR count). The zero-order chi connectivity index (χ0) is 18.5. The van der Waals surface area contributed by atoms with Crippen molar-refractivity contribution in [2.45, 2.75) is 52.6 Å². The van der Waals surface area contributed by atoms with Gasteiger partial charge in [0, 0.05) is 31.4 Å². The number of carbonyl (C=O) groups excluding carboxylic acids is 1. The molecule has 1 amide bonds. The molecule has 1 saturated heterocycles. The molecule has 2 aromatic heterocycles. The first-order chi connectivity index (χ1) is 12.5.